The molecule has 2 aromatic rings. The highest BCUT2D eigenvalue weighted by Gasteiger charge is 2.27. The zero-order chi connectivity index (χ0) is 22.1. The van der Waals surface area contributed by atoms with Crippen molar-refractivity contribution in [2.45, 2.75) is 33.4 Å². The minimum absolute atomic E-state index is 0.0446. The lowest BCUT2D eigenvalue weighted by molar-refractivity contribution is -0.142. The van der Waals surface area contributed by atoms with E-state index in [1.54, 1.807) is 49.4 Å². The molecular weight excluding hydrogens is 387 g/mol. The van der Waals surface area contributed by atoms with Crippen molar-refractivity contribution in [2.75, 3.05) is 20.3 Å². The van der Waals surface area contributed by atoms with Crippen LogP contribution in [0.3, 0.4) is 0 Å². The van der Waals surface area contributed by atoms with Crippen LogP contribution in [0.5, 0.6) is 11.5 Å². The fourth-order valence-corrected chi connectivity index (χ4v) is 2.81. The molecule has 30 heavy (non-hydrogen) atoms. The fraction of sp³-hybridized carbons (Fsp3) is 0.391. The van der Waals surface area contributed by atoms with E-state index in [9.17, 15) is 14.0 Å². The molecule has 1 atom stereocenters. The van der Waals surface area contributed by atoms with Gasteiger partial charge in [-0.25, -0.2) is 4.39 Å². The SMILES string of the molecule is COc1ccccc1OCC(=O)N(Cc1ccccc1F)C(C)C(=O)NCC(C)C. The molecule has 0 saturated carbocycles. The van der Waals surface area contributed by atoms with Gasteiger partial charge in [-0.2, -0.15) is 0 Å². The van der Waals surface area contributed by atoms with E-state index in [0.29, 0.717) is 23.6 Å². The number of hydrogen-bond acceptors (Lipinski definition) is 4. The minimum atomic E-state index is -0.794. The highest BCUT2D eigenvalue weighted by molar-refractivity contribution is 5.88. The van der Waals surface area contributed by atoms with Gasteiger partial charge in [0.15, 0.2) is 18.1 Å². The number of halogens is 1. The van der Waals surface area contributed by atoms with Gasteiger partial charge < -0.3 is 19.7 Å². The molecule has 0 saturated heterocycles. The number of para-hydroxylation sites is 2. The Hall–Kier alpha value is -3.09. The molecule has 0 heterocycles. The Morgan fingerprint density at radius 3 is 2.30 bits per heavy atom. The molecule has 2 aromatic carbocycles. The number of nitrogens with zero attached hydrogens (tertiary/aromatic N) is 1. The third-order valence-corrected chi connectivity index (χ3v) is 4.57. The van der Waals surface area contributed by atoms with Gasteiger partial charge in [-0.3, -0.25) is 9.59 Å². The van der Waals surface area contributed by atoms with E-state index in [-0.39, 0.29) is 25.0 Å². The van der Waals surface area contributed by atoms with Gasteiger partial charge in [0, 0.05) is 18.7 Å². The molecule has 2 rings (SSSR count). The second kappa shape index (κ2) is 11.2. The zero-order valence-electron chi connectivity index (χ0n) is 17.9. The van der Waals surface area contributed by atoms with E-state index in [2.05, 4.69) is 5.32 Å². The van der Waals surface area contributed by atoms with E-state index >= 15 is 0 Å². The van der Waals surface area contributed by atoms with Gasteiger partial charge in [-0.15, -0.1) is 0 Å². The summed E-state index contributed by atoms with van der Waals surface area (Å²) in [4.78, 5) is 26.9. The van der Waals surface area contributed by atoms with Crippen molar-refractivity contribution < 1.29 is 23.5 Å². The molecule has 0 aliphatic carbocycles. The van der Waals surface area contributed by atoms with Gasteiger partial charge in [0.2, 0.25) is 5.91 Å². The molecule has 1 N–H and O–H groups in total. The van der Waals surface area contributed by atoms with Crippen LogP contribution < -0.4 is 14.8 Å². The van der Waals surface area contributed by atoms with Gasteiger partial charge in [-0.05, 0) is 31.0 Å². The summed E-state index contributed by atoms with van der Waals surface area (Å²) in [6.07, 6.45) is 0. The van der Waals surface area contributed by atoms with Crippen molar-refractivity contribution in [3.05, 3.63) is 59.9 Å². The second-order valence-electron chi connectivity index (χ2n) is 7.37. The van der Waals surface area contributed by atoms with E-state index < -0.39 is 17.8 Å². The van der Waals surface area contributed by atoms with Crippen LogP contribution >= 0.6 is 0 Å². The summed E-state index contributed by atoms with van der Waals surface area (Å²) in [7, 11) is 1.51. The van der Waals surface area contributed by atoms with Crippen LogP contribution in [0.25, 0.3) is 0 Å². The average molecular weight is 416 g/mol. The smallest absolute Gasteiger partial charge is 0.261 e. The Morgan fingerprint density at radius 1 is 1.03 bits per heavy atom. The first kappa shape index (κ1) is 23.2. The maximum Gasteiger partial charge on any atom is 0.261 e. The molecule has 0 aliphatic rings. The zero-order valence-corrected chi connectivity index (χ0v) is 17.9. The number of benzene rings is 2. The van der Waals surface area contributed by atoms with Crippen LogP contribution in [0.4, 0.5) is 4.39 Å². The van der Waals surface area contributed by atoms with Crippen LogP contribution in [-0.4, -0.2) is 43.0 Å². The van der Waals surface area contributed by atoms with Crippen LogP contribution in [-0.2, 0) is 16.1 Å². The molecule has 0 fully saturated rings. The highest BCUT2D eigenvalue weighted by atomic mass is 19.1. The van der Waals surface area contributed by atoms with Gasteiger partial charge in [-0.1, -0.05) is 44.2 Å². The molecule has 0 spiro atoms. The third kappa shape index (κ3) is 6.47. The number of carbonyl (C=O) groups is 2. The second-order valence-corrected chi connectivity index (χ2v) is 7.37. The predicted octanol–water partition coefficient (Wildman–Crippen LogP) is 3.40. The van der Waals surface area contributed by atoms with Gasteiger partial charge >= 0.3 is 0 Å². The first-order chi connectivity index (χ1) is 14.3. The number of ether oxygens (including phenoxy) is 2. The normalized spacial score (nSPS) is 11.7. The molecule has 2 amide bonds. The molecule has 0 radical (unpaired) electrons. The third-order valence-electron chi connectivity index (χ3n) is 4.57. The monoisotopic (exact) mass is 416 g/mol. The molecule has 1 unspecified atom stereocenters. The van der Waals surface area contributed by atoms with E-state index in [1.807, 2.05) is 13.8 Å². The summed E-state index contributed by atoms with van der Waals surface area (Å²) in [6, 6.07) is 12.4. The largest absolute Gasteiger partial charge is 0.493 e. The predicted molar refractivity (Wildman–Crippen MR) is 113 cm³/mol. The summed E-state index contributed by atoms with van der Waals surface area (Å²) < 4.78 is 25.0. The summed E-state index contributed by atoms with van der Waals surface area (Å²) in [5.41, 5.74) is 0.326. The number of rotatable bonds is 10. The summed E-state index contributed by atoms with van der Waals surface area (Å²) in [5.74, 6) is 0.00769. The topological polar surface area (TPSA) is 67.9 Å². The first-order valence-corrected chi connectivity index (χ1v) is 9.89. The Bertz CT molecular complexity index is 857. The Kier molecular flexibility index (Phi) is 8.65. The standard InChI is InChI=1S/C23H29FN2O4/c1-16(2)13-25-23(28)17(3)26(14-18-9-5-6-10-19(18)24)22(27)15-30-21-12-8-7-11-20(21)29-4/h5-12,16-17H,13-15H2,1-4H3,(H,25,28). The number of methoxy groups -OCH3 is 1. The van der Waals surface area contributed by atoms with Crippen molar-refractivity contribution in [3.8, 4) is 11.5 Å². The van der Waals surface area contributed by atoms with Crippen molar-refractivity contribution in [3.63, 3.8) is 0 Å². The first-order valence-electron chi connectivity index (χ1n) is 9.89. The summed E-state index contributed by atoms with van der Waals surface area (Å²) in [6.45, 7) is 5.72. The van der Waals surface area contributed by atoms with Crippen molar-refractivity contribution in [1.82, 2.24) is 10.2 Å². The van der Waals surface area contributed by atoms with Crippen LogP contribution in [0.1, 0.15) is 26.3 Å². The van der Waals surface area contributed by atoms with Gasteiger partial charge in [0.05, 0.1) is 7.11 Å². The van der Waals surface area contributed by atoms with Gasteiger partial charge in [0.1, 0.15) is 11.9 Å². The Morgan fingerprint density at radius 2 is 1.67 bits per heavy atom. The van der Waals surface area contributed by atoms with Crippen LogP contribution in [0.15, 0.2) is 48.5 Å². The molecule has 162 valence electrons. The van der Waals surface area contributed by atoms with Crippen molar-refractivity contribution in [2.24, 2.45) is 5.92 Å². The number of hydrogen-bond donors (Lipinski definition) is 1. The number of carbonyl (C=O) groups excluding carboxylic acids is 2. The Balaban J connectivity index is 2.17. The van der Waals surface area contributed by atoms with Gasteiger partial charge in [0.25, 0.3) is 5.91 Å². The lowest BCUT2D eigenvalue weighted by Crippen LogP contribution is -2.49. The maximum atomic E-state index is 14.2. The lowest BCUT2D eigenvalue weighted by atomic mass is 10.1. The Labute approximate surface area is 177 Å². The van der Waals surface area contributed by atoms with E-state index in [1.165, 1.54) is 18.1 Å². The lowest BCUT2D eigenvalue weighted by Gasteiger charge is -2.29. The van der Waals surface area contributed by atoms with Crippen molar-refractivity contribution >= 4 is 11.8 Å². The number of nitrogens with one attached hydrogen (secondary N) is 1. The van der Waals surface area contributed by atoms with E-state index in [0.717, 1.165) is 0 Å². The van der Waals surface area contributed by atoms with E-state index in [4.69, 9.17) is 9.47 Å². The average Bonchev–Trinajstić information content (AvgIpc) is 2.74. The maximum absolute atomic E-state index is 14.2. The molecule has 0 aliphatic heterocycles. The summed E-state index contributed by atoms with van der Waals surface area (Å²) >= 11 is 0. The van der Waals surface area contributed by atoms with Crippen LogP contribution in [0.2, 0.25) is 0 Å². The quantitative estimate of drug-likeness (QED) is 0.645. The molecule has 0 aromatic heterocycles. The molecule has 6 nitrogen and oxygen atoms in total. The fourth-order valence-electron chi connectivity index (χ4n) is 2.81. The van der Waals surface area contributed by atoms with Crippen LogP contribution in [0, 0.1) is 11.7 Å². The number of amides is 2. The molecular formula is C23H29FN2O4. The minimum Gasteiger partial charge on any atom is -0.493 e. The van der Waals surface area contributed by atoms with Crippen molar-refractivity contribution in [1.29, 1.82) is 0 Å². The highest BCUT2D eigenvalue weighted by Crippen LogP contribution is 2.26. The summed E-state index contributed by atoms with van der Waals surface area (Å²) in [5, 5.41) is 2.82. The molecule has 7 heteroatoms. The molecule has 0 bridgehead atoms.